The molecule has 0 fully saturated rings. The molecule has 0 atom stereocenters. The Hall–Kier alpha value is -2.19. The van der Waals surface area contributed by atoms with Crippen LogP contribution in [-0.2, 0) is 10.0 Å². The molecular formula is C12H11F2N3O2S. The number of anilines is 2. The van der Waals surface area contributed by atoms with Crippen molar-refractivity contribution in [3.8, 4) is 0 Å². The fraction of sp³-hybridized carbons (Fsp3) is 0. The molecule has 0 aliphatic heterocycles. The van der Waals surface area contributed by atoms with E-state index in [1.54, 1.807) is 0 Å². The molecule has 8 heteroatoms. The van der Waals surface area contributed by atoms with E-state index in [1.165, 1.54) is 24.3 Å². The lowest BCUT2D eigenvalue weighted by atomic mass is 10.3. The van der Waals surface area contributed by atoms with Crippen LogP contribution in [-0.4, -0.2) is 8.42 Å². The average Bonchev–Trinajstić information content (AvgIpc) is 2.42. The van der Waals surface area contributed by atoms with Crippen LogP contribution in [0.3, 0.4) is 0 Å². The van der Waals surface area contributed by atoms with Crippen LogP contribution < -0.4 is 16.0 Å². The van der Waals surface area contributed by atoms with E-state index < -0.39 is 21.7 Å². The zero-order valence-electron chi connectivity index (χ0n) is 10.1. The summed E-state index contributed by atoms with van der Waals surface area (Å²) in [6.07, 6.45) is 0. The number of hydrazine groups is 1. The molecular weight excluding hydrogens is 288 g/mol. The SMILES string of the molecule is NNc1ccc(S(=O)(=O)Nc2ccc(F)cc2F)cc1. The highest BCUT2D eigenvalue weighted by Crippen LogP contribution is 2.20. The molecule has 0 bridgehead atoms. The highest BCUT2D eigenvalue weighted by Gasteiger charge is 2.16. The van der Waals surface area contributed by atoms with E-state index in [-0.39, 0.29) is 10.6 Å². The summed E-state index contributed by atoms with van der Waals surface area (Å²) in [5.74, 6) is 3.39. The topological polar surface area (TPSA) is 84.2 Å². The maximum Gasteiger partial charge on any atom is 0.261 e. The fourth-order valence-corrected chi connectivity index (χ4v) is 2.57. The molecule has 0 unspecified atom stereocenters. The van der Waals surface area contributed by atoms with Crippen molar-refractivity contribution in [1.29, 1.82) is 0 Å². The number of benzene rings is 2. The van der Waals surface area contributed by atoms with Gasteiger partial charge in [0.1, 0.15) is 11.6 Å². The maximum absolute atomic E-state index is 13.4. The van der Waals surface area contributed by atoms with Crippen molar-refractivity contribution in [2.75, 3.05) is 10.1 Å². The lowest BCUT2D eigenvalue weighted by Gasteiger charge is -2.09. The smallest absolute Gasteiger partial charge is 0.261 e. The summed E-state index contributed by atoms with van der Waals surface area (Å²) in [6.45, 7) is 0. The van der Waals surface area contributed by atoms with Crippen molar-refractivity contribution in [1.82, 2.24) is 0 Å². The first kappa shape index (κ1) is 14.2. The summed E-state index contributed by atoms with van der Waals surface area (Å²) in [7, 11) is -3.95. The predicted molar refractivity (Wildman–Crippen MR) is 71.4 cm³/mol. The normalized spacial score (nSPS) is 11.2. The molecule has 0 aliphatic carbocycles. The van der Waals surface area contributed by atoms with Crippen LogP contribution >= 0.6 is 0 Å². The van der Waals surface area contributed by atoms with Crippen LogP contribution in [0.5, 0.6) is 0 Å². The maximum atomic E-state index is 13.4. The van der Waals surface area contributed by atoms with Crippen molar-refractivity contribution >= 4 is 21.4 Å². The number of halogens is 2. The minimum atomic E-state index is -3.95. The lowest BCUT2D eigenvalue weighted by Crippen LogP contribution is -2.14. The number of sulfonamides is 1. The van der Waals surface area contributed by atoms with Crippen molar-refractivity contribution in [2.45, 2.75) is 4.90 Å². The number of nitrogen functional groups attached to an aromatic ring is 1. The monoisotopic (exact) mass is 299 g/mol. The quantitative estimate of drug-likeness (QED) is 0.596. The van der Waals surface area contributed by atoms with E-state index in [1.807, 2.05) is 4.72 Å². The lowest BCUT2D eigenvalue weighted by molar-refractivity contribution is 0.583. The van der Waals surface area contributed by atoms with Gasteiger partial charge in [-0.05, 0) is 36.4 Å². The molecule has 4 N–H and O–H groups in total. The molecule has 0 amide bonds. The predicted octanol–water partition coefficient (Wildman–Crippen LogP) is 2.05. The van der Waals surface area contributed by atoms with Crippen LogP contribution in [0.25, 0.3) is 0 Å². The van der Waals surface area contributed by atoms with Gasteiger partial charge in [0.05, 0.1) is 10.6 Å². The van der Waals surface area contributed by atoms with Gasteiger partial charge < -0.3 is 5.43 Å². The molecule has 20 heavy (non-hydrogen) atoms. The second-order valence-electron chi connectivity index (χ2n) is 3.90. The summed E-state index contributed by atoms with van der Waals surface area (Å²) < 4.78 is 52.2. The highest BCUT2D eigenvalue weighted by atomic mass is 32.2. The largest absolute Gasteiger partial charge is 0.324 e. The van der Waals surface area contributed by atoms with Gasteiger partial charge in [-0.2, -0.15) is 0 Å². The van der Waals surface area contributed by atoms with Gasteiger partial charge in [-0.25, -0.2) is 17.2 Å². The first-order valence-electron chi connectivity index (χ1n) is 5.47. The Kier molecular flexibility index (Phi) is 3.86. The second-order valence-corrected chi connectivity index (χ2v) is 5.58. The molecule has 0 aromatic heterocycles. The van der Waals surface area contributed by atoms with Gasteiger partial charge in [0.2, 0.25) is 0 Å². The zero-order chi connectivity index (χ0) is 14.8. The Morgan fingerprint density at radius 1 is 1.00 bits per heavy atom. The Morgan fingerprint density at radius 2 is 1.65 bits per heavy atom. The Morgan fingerprint density at radius 3 is 2.20 bits per heavy atom. The van der Waals surface area contributed by atoms with Gasteiger partial charge >= 0.3 is 0 Å². The molecule has 2 aromatic rings. The fourth-order valence-electron chi connectivity index (χ4n) is 1.51. The Balaban J connectivity index is 2.30. The van der Waals surface area contributed by atoms with E-state index in [0.717, 1.165) is 12.1 Å². The highest BCUT2D eigenvalue weighted by molar-refractivity contribution is 7.92. The van der Waals surface area contributed by atoms with E-state index in [2.05, 4.69) is 5.43 Å². The van der Waals surface area contributed by atoms with Crippen LogP contribution in [0.2, 0.25) is 0 Å². The van der Waals surface area contributed by atoms with Crippen LogP contribution in [0, 0.1) is 11.6 Å². The molecule has 0 heterocycles. The van der Waals surface area contributed by atoms with Gasteiger partial charge in [0.15, 0.2) is 0 Å². The molecule has 2 rings (SSSR count). The van der Waals surface area contributed by atoms with Gasteiger partial charge in [-0.3, -0.25) is 10.6 Å². The summed E-state index contributed by atoms with van der Waals surface area (Å²) >= 11 is 0. The second kappa shape index (κ2) is 5.43. The van der Waals surface area contributed by atoms with E-state index >= 15 is 0 Å². The third-order valence-electron chi connectivity index (χ3n) is 2.51. The van der Waals surface area contributed by atoms with Crippen molar-refractivity contribution < 1.29 is 17.2 Å². The van der Waals surface area contributed by atoms with Gasteiger partial charge in [-0.1, -0.05) is 0 Å². The summed E-state index contributed by atoms with van der Waals surface area (Å²) in [4.78, 5) is -0.0692. The zero-order valence-corrected chi connectivity index (χ0v) is 10.9. The van der Waals surface area contributed by atoms with Crippen LogP contribution in [0.4, 0.5) is 20.2 Å². The first-order chi connectivity index (χ1) is 9.42. The van der Waals surface area contributed by atoms with Crippen molar-refractivity contribution in [2.24, 2.45) is 5.84 Å². The average molecular weight is 299 g/mol. The van der Waals surface area contributed by atoms with Gasteiger partial charge in [0, 0.05) is 11.8 Å². The molecule has 0 radical (unpaired) electrons. The molecule has 5 nitrogen and oxygen atoms in total. The molecule has 0 saturated carbocycles. The number of nitrogens with one attached hydrogen (secondary N) is 2. The minimum Gasteiger partial charge on any atom is -0.324 e. The van der Waals surface area contributed by atoms with Gasteiger partial charge in [0.25, 0.3) is 10.0 Å². The minimum absolute atomic E-state index is 0.0692. The molecule has 106 valence electrons. The number of hydrogen-bond donors (Lipinski definition) is 3. The van der Waals surface area contributed by atoms with E-state index in [4.69, 9.17) is 5.84 Å². The molecule has 0 spiro atoms. The van der Waals surface area contributed by atoms with Crippen molar-refractivity contribution in [3.05, 3.63) is 54.1 Å². The van der Waals surface area contributed by atoms with Gasteiger partial charge in [-0.15, -0.1) is 0 Å². The van der Waals surface area contributed by atoms with Crippen LogP contribution in [0.1, 0.15) is 0 Å². The molecule has 0 aliphatic rings. The summed E-state index contributed by atoms with van der Waals surface area (Å²) in [5.41, 5.74) is 2.55. The van der Waals surface area contributed by atoms with E-state index in [0.29, 0.717) is 11.8 Å². The third kappa shape index (κ3) is 3.03. The standard InChI is InChI=1S/C12H11F2N3O2S/c13-8-1-6-12(11(14)7-8)17-20(18,19)10-4-2-9(16-15)3-5-10/h1-7,16-17H,15H2. The summed E-state index contributed by atoms with van der Waals surface area (Å²) in [5, 5.41) is 0. The number of nitrogens with two attached hydrogens (primary N) is 1. The van der Waals surface area contributed by atoms with Crippen LogP contribution in [0.15, 0.2) is 47.4 Å². The number of hydrogen-bond acceptors (Lipinski definition) is 4. The number of rotatable bonds is 4. The molecule has 2 aromatic carbocycles. The van der Waals surface area contributed by atoms with E-state index in [9.17, 15) is 17.2 Å². The molecule has 0 saturated heterocycles. The summed E-state index contributed by atoms with van der Waals surface area (Å²) in [6, 6.07) is 8.09. The first-order valence-corrected chi connectivity index (χ1v) is 6.95. The third-order valence-corrected chi connectivity index (χ3v) is 3.89. The Labute approximate surface area is 114 Å². The Bertz CT molecular complexity index is 718. The van der Waals surface area contributed by atoms with Crippen molar-refractivity contribution in [3.63, 3.8) is 0 Å².